The second-order valence-corrected chi connectivity index (χ2v) is 6.07. The molecule has 1 amide bonds. The van der Waals surface area contributed by atoms with E-state index in [9.17, 15) is 4.79 Å². The molecular formula is C20H20N4O. The van der Waals surface area contributed by atoms with Crippen LogP contribution in [0.1, 0.15) is 27.2 Å². The Balaban J connectivity index is 1.70. The molecule has 5 nitrogen and oxygen atoms in total. The van der Waals surface area contributed by atoms with Crippen molar-refractivity contribution in [2.24, 2.45) is 0 Å². The van der Waals surface area contributed by atoms with E-state index in [1.54, 1.807) is 12.1 Å². The first-order chi connectivity index (χ1) is 12.0. The van der Waals surface area contributed by atoms with E-state index in [-0.39, 0.29) is 11.6 Å². The van der Waals surface area contributed by atoms with E-state index in [1.165, 1.54) is 0 Å². The van der Waals surface area contributed by atoms with Crippen LogP contribution >= 0.6 is 0 Å². The van der Waals surface area contributed by atoms with Crippen LogP contribution in [0.3, 0.4) is 0 Å². The number of anilines is 3. The number of nitrogens with zero attached hydrogens (tertiary/aromatic N) is 2. The maximum Gasteiger partial charge on any atom is 0.276 e. The van der Waals surface area contributed by atoms with E-state index in [1.807, 2.05) is 63.2 Å². The van der Waals surface area contributed by atoms with Gasteiger partial charge in [0.05, 0.1) is 0 Å². The van der Waals surface area contributed by atoms with Crippen molar-refractivity contribution < 1.29 is 4.79 Å². The maximum absolute atomic E-state index is 12.3. The zero-order valence-electron chi connectivity index (χ0n) is 14.5. The third-order valence-electron chi connectivity index (χ3n) is 3.82. The van der Waals surface area contributed by atoms with Gasteiger partial charge in [0.1, 0.15) is 0 Å². The van der Waals surface area contributed by atoms with Gasteiger partial charge in [0.25, 0.3) is 5.91 Å². The van der Waals surface area contributed by atoms with Gasteiger partial charge < -0.3 is 10.6 Å². The lowest BCUT2D eigenvalue weighted by atomic mass is 10.1. The zero-order valence-corrected chi connectivity index (χ0v) is 14.5. The van der Waals surface area contributed by atoms with Crippen molar-refractivity contribution in [3.8, 4) is 0 Å². The highest BCUT2D eigenvalue weighted by atomic mass is 16.1. The van der Waals surface area contributed by atoms with Crippen LogP contribution in [0.25, 0.3) is 0 Å². The Labute approximate surface area is 147 Å². The zero-order chi connectivity index (χ0) is 17.8. The van der Waals surface area contributed by atoms with E-state index in [0.717, 1.165) is 28.1 Å². The molecule has 5 heteroatoms. The second kappa shape index (κ2) is 7.13. The molecule has 0 atom stereocenters. The molecule has 1 heterocycles. The van der Waals surface area contributed by atoms with Crippen LogP contribution in [-0.4, -0.2) is 16.1 Å². The number of amides is 1. The molecule has 0 unspecified atom stereocenters. The fourth-order valence-corrected chi connectivity index (χ4v) is 2.53. The van der Waals surface area contributed by atoms with Gasteiger partial charge in [0, 0.05) is 11.4 Å². The van der Waals surface area contributed by atoms with Crippen LogP contribution in [0.4, 0.5) is 17.2 Å². The lowest BCUT2D eigenvalue weighted by molar-refractivity contribution is 0.102. The number of nitrogens with one attached hydrogen (secondary N) is 2. The molecule has 0 aliphatic carbocycles. The third kappa shape index (κ3) is 4.20. The number of benzene rings is 2. The van der Waals surface area contributed by atoms with Gasteiger partial charge in [-0.25, -0.2) is 0 Å². The Morgan fingerprint density at radius 3 is 2.36 bits per heavy atom. The lowest BCUT2D eigenvalue weighted by Gasteiger charge is -2.09. The number of hydrogen-bond donors (Lipinski definition) is 2. The Bertz CT molecular complexity index is 904. The van der Waals surface area contributed by atoms with E-state index in [4.69, 9.17) is 0 Å². The molecule has 126 valence electrons. The van der Waals surface area contributed by atoms with Gasteiger partial charge >= 0.3 is 0 Å². The minimum Gasteiger partial charge on any atom is -0.339 e. The van der Waals surface area contributed by atoms with Crippen molar-refractivity contribution in [3.05, 3.63) is 77.0 Å². The molecule has 3 rings (SSSR count). The fraction of sp³-hybridized carbons (Fsp3) is 0.150. The van der Waals surface area contributed by atoms with Crippen molar-refractivity contribution in [2.75, 3.05) is 10.6 Å². The van der Waals surface area contributed by atoms with Crippen LogP contribution < -0.4 is 10.6 Å². The minimum absolute atomic E-state index is 0.273. The highest BCUT2D eigenvalue weighted by Gasteiger charge is 2.10. The largest absolute Gasteiger partial charge is 0.339 e. The summed E-state index contributed by atoms with van der Waals surface area (Å²) in [5.74, 6) is 0.315. The van der Waals surface area contributed by atoms with Gasteiger partial charge in [-0.05, 0) is 62.2 Å². The van der Waals surface area contributed by atoms with Gasteiger partial charge in [-0.1, -0.05) is 29.8 Å². The van der Waals surface area contributed by atoms with E-state index >= 15 is 0 Å². The van der Waals surface area contributed by atoms with Crippen LogP contribution in [0, 0.1) is 20.8 Å². The van der Waals surface area contributed by atoms with Gasteiger partial charge in [0.15, 0.2) is 11.5 Å². The standard InChI is InChI=1S/C20H20N4O/c1-13-5-4-6-16(12-13)21-19-10-9-18(23-24-19)20(25)22-17-8-7-14(2)11-15(17)3/h4-12H,1-3H3,(H,21,24)(H,22,25). The van der Waals surface area contributed by atoms with Crippen LogP contribution in [0.5, 0.6) is 0 Å². The first-order valence-electron chi connectivity index (χ1n) is 8.07. The van der Waals surface area contributed by atoms with Crippen molar-refractivity contribution in [2.45, 2.75) is 20.8 Å². The number of hydrogen-bond acceptors (Lipinski definition) is 4. The van der Waals surface area contributed by atoms with Gasteiger partial charge in [-0.3, -0.25) is 4.79 Å². The van der Waals surface area contributed by atoms with Gasteiger partial charge in [-0.2, -0.15) is 0 Å². The predicted octanol–water partition coefficient (Wildman–Crippen LogP) is 4.40. The Morgan fingerprint density at radius 1 is 0.880 bits per heavy atom. The summed E-state index contributed by atoms with van der Waals surface area (Å²) in [5, 5.41) is 14.1. The first-order valence-corrected chi connectivity index (χ1v) is 8.07. The van der Waals surface area contributed by atoms with E-state index in [2.05, 4.69) is 20.8 Å². The number of aryl methyl sites for hydroxylation is 3. The average Bonchev–Trinajstić information content (AvgIpc) is 2.58. The summed E-state index contributed by atoms with van der Waals surface area (Å²) < 4.78 is 0. The van der Waals surface area contributed by atoms with Crippen LogP contribution in [0.2, 0.25) is 0 Å². The molecule has 0 saturated carbocycles. The monoisotopic (exact) mass is 332 g/mol. The summed E-state index contributed by atoms with van der Waals surface area (Å²) in [4.78, 5) is 12.3. The summed E-state index contributed by atoms with van der Waals surface area (Å²) in [6.07, 6.45) is 0. The molecular weight excluding hydrogens is 312 g/mol. The summed E-state index contributed by atoms with van der Waals surface area (Å²) in [5.41, 5.74) is 5.30. The summed E-state index contributed by atoms with van der Waals surface area (Å²) in [7, 11) is 0. The normalized spacial score (nSPS) is 10.4. The molecule has 0 aliphatic rings. The molecule has 1 aromatic heterocycles. The Kier molecular flexibility index (Phi) is 4.75. The van der Waals surface area contributed by atoms with Crippen molar-refractivity contribution >= 4 is 23.1 Å². The molecule has 0 spiro atoms. The molecule has 0 saturated heterocycles. The predicted molar refractivity (Wildman–Crippen MR) is 100 cm³/mol. The number of aromatic nitrogens is 2. The molecule has 0 radical (unpaired) electrons. The molecule has 2 N–H and O–H groups in total. The second-order valence-electron chi connectivity index (χ2n) is 6.07. The molecule has 2 aromatic carbocycles. The SMILES string of the molecule is Cc1cccc(Nc2ccc(C(=O)Nc3ccc(C)cc3C)nn2)c1. The fourth-order valence-electron chi connectivity index (χ4n) is 2.53. The van der Waals surface area contributed by atoms with Crippen LogP contribution in [0.15, 0.2) is 54.6 Å². The number of rotatable bonds is 4. The van der Waals surface area contributed by atoms with Gasteiger partial charge in [-0.15, -0.1) is 10.2 Å². The Hall–Kier alpha value is -3.21. The van der Waals surface area contributed by atoms with E-state index in [0.29, 0.717) is 5.82 Å². The Morgan fingerprint density at radius 2 is 1.68 bits per heavy atom. The van der Waals surface area contributed by atoms with Gasteiger partial charge in [0.2, 0.25) is 0 Å². The maximum atomic E-state index is 12.3. The smallest absolute Gasteiger partial charge is 0.276 e. The van der Waals surface area contributed by atoms with Crippen LogP contribution in [-0.2, 0) is 0 Å². The molecule has 0 bridgehead atoms. The first kappa shape index (κ1) is 16.6. The quantitative estimate of drug-likeness (QED) is 0.743. The van der Waals surface area contributed by atoms with E-state index < -0.39 is 0 Å². The summed E-state index contributed by atoms with van der Waals surface area (Å²) in [6.45, 7) is 6.00. The summed E-state index contributed by atoms with van der Waals surface area (Å²) >= 11 is 0. The van der Waals surface area contributed by atoms with Crippen molar-refractivity contribution in [3.63, 3.8) is 0 Å². The summed E-state index contributed by atoms with van der Waals surface area (Å²) in [6, 6.07) is 17.2. The minimum atomic E-state index is -0.276. The molecule has 0 fully saturated rings. The molecule has 3 aromatic rings. The topological polar surface area (TPSA) is 66.9 Å². The third-order valence-corrected chi connectivity index (χ3v) is 3.82. The highest BCUT2D eigenvalue weighted by molar-refractivity contribution is 6.03. The number of carbonyl (C=O) groups is 1. The van der Waals surface area contributed by atoms with Crippen molar-refractivity contribution in [1.82, 2.24) is 10.2 Å². The molecule has 25 heavy (non-hydrogen) atoms. The lowest BCUT2D eigenvalue weighted by Crippen LogP contribution is -2.15. The van der Waals surface area contributed by atoms with Crippen molar-refractivity contribution in [1.29, 1.82) is 0 Å². The number of carbonyl (C=O) groups excluding carboxylic acids is 1. The highest BCUT2D eigenvalue weighted by Crippen LogP contribution is 2.18. The molecule has 0 aliphatic heterocycles. The average molecular weight is 332 g/mol.